The van der Waals surface area contributed by atoms with Gasteiger partial charge in [-0.05, 0) is 36.4 Å². The van der Waals surface area contributed by atoms with Crippen LogP contribution in [0, 0.1) is 0 Å². The van der Waals surface area contributed by atoms with E-state index in [9.17, 15) is 9.59 Å². The first kappa shape index (κ1) is 17.4. The molecule has 0 fully saturated rings. The Labute approximate surface area is 152 Å². The molecule has 0 radical (unpaired) electrons. The van der Waals surface area contributed by atoms with Gasteiger partial charge >= 0.3 is 0 Å². The van der Waals surface area contributed by atoms with Crippen LogP contribution in [0.15, 0.2) is 84.9 Å². The van der Waals surface area contributed by atoms with Gasteiger partial charge in [0.05, 0.1) is 0 Å². The molecule has 0 spiro atoms. The minimum absolute atomic E-state index is 0.0249. The summed E-state index contributed by atoms with van der Waals surface area (Å²) < 4.78 is 0. The van der Waals surface area contributed by atoms with Crippen molar-refractivity contribution in [2.75, 3.05) is 10.6 Å². The van der Waals surface area contributed by atoms with Crippen molar-refractivity contribution >= 4 is 28.8 Å². The monoisotopic (exact) mass is 344 g/mol. The number of ketones is 1. The van der Waals surface area contributed by atoms with E-state index in [4.69, 9.17) is 0 Å². The van der Waals surface area contributed by atoms with Crippen molar-refractivity contribution in [1.82, 2.24) is 0 Å². The van der Waals surface area contributed by atoms with Gasteiger partial charge in [0.25, 0.3) is 0 Å². The molecule has 0 heterocycles. The van der Waals surface area contributed by atoms with Crippen molar-refractivity contribution in [2.45, 2.75) is 12.8 Å². The largest absolute Gasteiger partial charge is 0.356 e. The maximum Gasteiger partial charge on any atom is 0.224 e. The predicted octanol–water partition coefficient (Wildman–Crippen LogP) is 5.03. The molecule has 0 saturated heterocycles. The molecule has 0 aliphatic carbocycles. The highest BCUT2D eigenvalue weighted by molar-refractivity contribution is 6.00. The summed E-state index contributed by atoms with van der Waals surface area (Å²) in [6.45, 7) is 0. The molecule has 0 unspecified atom stereocenters. The number of benzene rings is 3. The standard InChI is InChI=1S/C22H20N2O2/c25-21(17-7-3-1-4-8-17)15-16-22(26)24-20-13-11-19(12-14-20)23-18-9-5-2-6-10-18/h1-14,23H,15-16H2,(H,24,26). The first-order valence-corrected chi connectivity index (χ1v) is 8.51. The van der Waals surface area contributed by atoms with Gasteiger partial charge in [0.15, 0.2) is 5.78 Å². The summed E-state index contributed by atoms with van der Waals surface area (Å²) in [5, 5.41) is 6.11. The zero-order valence-corrected chi connectivity index (χ0v) is 14.3. The van der Waals surface area contributed by atoms with Crippen LogP contribution in [0.5, 0.6) is 0 Å². The summed E-state index contributed by atoms with van der Waals surface area (Å²) >= 11 is 0. The topological polar surface area (TPSA) is 58.2 Å². The van der Waals surface area contributed by atoms with Crippen molar-refractivity contribution in [3.05, 3.63) is 90.5 Å². The molecule has 3 aromatic carbocycles. The van der Waals surface area contributed by atoms with Crippen molar-refractivity contribution < 1.29 is 9.59 Å². The van der Waals surface area contributed by atoms with Gasteiger partial charge in [0.1, 0.15) is 0 Å². The SMILES string of the molecule is O=C(CCC(=O)c1ccccc1)Nc1ccc(Nc2ccccc2)cc1. The van der Waals surface area contributed by atoms with E-state index in [1.807, 2.05) is 72.8 Å². The van der Waals surface area contributed by atoms with Crippen LogP contribution in [0.25, 0.3) is 0 Å². The van der Waals surface area contributed by atoms with E-state index in [0.717, 1.165) is 11.4 Å². The van der Waals surface area contributed by atoms with E-state index in [1.54, 1.807) is 12.1 Å². The molecule has 0 atom stereocenters. The number of para-hydroxylation sites is 1. The van der Waals surface area contributed by atoms with Gasteiger partial charge in [-0.25, -0.2) is 0 Å². The van der Waals surface area contributed by atoms with Crippen LogP contribution in [-0.2, 0) is 4.79 Å². The number of carbonyl (C=O) groups excluding carboxylic acids is 2. The van der Waals surface area contributed by atoms with Crippen LogP contribution in [0.2, 0.25) is 0 Å². The summed E-state index contributed by atoms with van der Waals surface area (Å²) in [6, 6.07) is 26.4. The lowest BCUT2D eigenvalue weighted by Crippen LogP contribution is -2.13. The molecule has 4 heteroatoms. The number of anilines is 3. The molecule has 4 nitrogen and oxygen atoms in total. The van der Waals surface area contributed by atoms with Crippen LogP contribution in [-0.4, -0.2) is 11.7 Å². The Balaban J connectivity index is 1.49. The fourth-order valence-electron chi connectivity index (χ4n) is 2.54. The third kappa shape index (κ3) is 5.05. The zero-order chi connectivity index (χ0) is 18.2. The lowest BCUT2D eigenvalue weighted by atomic mass is 10.1. The molecule has 0 aliphatic rings. The average molecular weight is 344 g/mol. The van der Waals surface area contributed by atoms with Crippen LogP contribution in [0.1, 0.15) is 23.2 Å². The Kier molecular flexibility index (Phi) is 5.78. The summed E-state index contributed by atoms with van der Waals surface area (Å²) in [4.78, 5) is 24.1. The molecular weight excluding hydrogens is 324 g/mol. The number of carbonyl (C=O) groups is 2. The molecule has 0 aromatic heterocycles. The molecular formula is C22H20N2O2. The summed E-state index contributed by atoms with van der Waals surface area (Å²) in [6.07, 6.45) is 0.362. The van der Waals surface area contributed by atoms with Crippen LogP contribution in [0.4, 0.5) is 17.1 Å². The number of amides is 1. The van der Waals surface area contributed by atoms with Crippen molar-refractivity contribution in [3.63, 3.8) is 0 Å². The minimum Gasteiger partial charge on any atom is -0.356 e. The summed E-state index contributed by atoms with van der Waals surface area (Å²) in [5.41, 5.74) is 3.29. The van der Waals surface area contributed by atoms with Crippen LogP contribution < -0.4 is 10.6 Å². The van der Waals surface area contributed by atoms with Crippen molar-refractivity contribution in [1.29, 1.82) is 0 Å². The van der Waals surface area contributed by atoms with Gasteiger partial charge in [-0.1, -0.05) is 48.5 Å². The second-order valence-corrected chi connectivity index (χ2v) is 5.91. The third-order valence-electron chi connectivity index (χ3n) is 3.91. The molecule has 2 N–H and O–H groups in total. The maximum absolute atomic E-state index is 12.0. The average Bonchev–Trinajstić information content (AvgIpc) is 2.69. The molecule has 0 saturated carbocycles. The quantitative estimate of drug-likeness (QED) is 0.591. The van der Waals surface area contributed by atoms with Gasteiger partial charge in [0.2, 0.25) is 5.91 Å². The van der Waals surface area contributed by atoms with Crippen LogP contribution in [0.3, 0.4) is 0 Å². The second-order valence-electron chi connectivity index (χ2n) is 5.91. The van der Waals surface area contributed by atoms with Crippen LogP contribution >= 0.6 is 0 Å². The first-order valence-electron chi connectivity index (χ1n) is 8.51. The van der Waals surface area contributed by atoms with E-state index in [-0.39, 0.29) is 24.5 Å². The van der Waals surface area contributed by atoms with E-state index in [1.165, 1.54) is 0 Å². The molecule has 3 rings (SSSR count). The molecule has 3 aromatic rings. The maximum atomic E-state index is 12.0. The normalized spacial score (nSPS) is 10.2. The van der Waals surface area contributed by atoms with Gasteiger partial charge in [-0.2, -0.15) is 0 Å². The van der Waals surface area contributed by atoms with E-state index in [2.05, 4.69) is 10.6 Å². The Hall–Kier alpha value is -3.40. The highest BCUT2D eigenvalue weighted by Gasteiger charge is 2.09. The van der Waals surface area contributed by atoms with Crippen molar-refractivity contribution in [2.24, 2.45) is 0 Å². The van der Waals surface area contributed by atoms with Crippen molar-refractivity contribution in [3.8, 4) is 0 Å². The smallest absolute Gasteiger partial charge is 0.224 e. The van der Waals surface area contributed by atoms with E-state index in [0.29, 0.717) is 11.3 Å². The third-order valence-corrected chi connectivity index (χ3v) is 3.91. The summed E-state index contributed by atoms with van der Waals surface area (Å²) in [7, 11) is 0. The molecule has 0 bridgehead atoms. The second kappa shape index (κ2) is 8.62. The zero-order valence-electron chi connectivity index (χ0n) is 14.3. The predicted molar refractivity (Wildman–Crippen MR) is 105 cm³/mol. The number of Topliss-reactive ketones (excluding diaryl/α,β-unsaturated/α-hetero) is 1. The Morgan fingerprint density at radius 2 is 1.15 bits per heavy atom. The highest BCUT2D eigenvalue weighted by atomic mass is 16.2. The number of hydrogen-bond acceptors (Lipinski definition) is 3. The Morgan fingerprint density at radius 3 is 1.81 bits per heavy atom. The van der Waals surface area contributed by atoms with Gasteiger partial charge in [0, 0.05) is 35.5 Å². The minimum atomic E-state index is -0.168. The van der Waals surface area contributed by atoms with Gasteiger partial charge < -0.3 is 10.6 Å². The lowest BCUT2D eigenvalue weighted by molar-refractivity contribution is -0.116. The molecule has 0 aliphatic heterocycles. The fraction of sp³-hybridized carbons (Fsp3) is 0.0909. The molecule has 1 amide bonds. The molecule has 130 valence electrons. The Bertz CT molecular complexity index is 860. The number of rotatable bonds is 7. The first-order chi connectivity index (χ1) is 12.7. The number of nitrogens with one attached hydrogen (secondary N) is 2. The van der Waals surface area contributed by atoms with E-state index < -0.39 is 0 Å². The van der Waals surface area contributed by atoms with Gasteiger partial charge in [-0.3, -0.25) is 9.59 Å². The van der Waals surface area contributed by atoms with Gasteiger partial charge in [-0.15, -0.1) is 0 Å². The number of hydrogen-bond donors (Lipinski definition) is 2. The summed E-state index contributed by atoms with van der Waals surface area (Å²) in [5.74, 6) is -0.193. The van der Waals surface area contributed by atoms with E-state index >= 15 is 0 Å². The lowest BCUT2D eigenvalue weighted by Gasteiger charge is -2.08. The fourth-order valence-corrected chi connectivity index (χ4v) is 2.54. The molecule has 26 heavy (non-hydrogen) atoms. The highest BCUT2D eigenvalue weighted by Crippen LogP contribution is 2.19. The Morgan fingerprint density at radius 1 is 0.615 bits per heavy atom.